The predicted molar refractivity (Wildman–Crippen MR) is 107 cm³/mol. The van der Waals surface area contributed by atoms with Crippen LogP contribution in [0.25, 0.3) is 0 Å². The highest BCUT2D eigenvalue weighted by Gasteiger charge is 2.13. The lowest BCUT2D eigenvalue weighted by Gasteiger charge is -2.10. The molecule has 1 aromatic heterocycles. The molecule has 0 saturated heterocycles. The summed E-state index contributed by atoms with van der Waals surface area (Å²) in [6.07, 6.45) is 1.46. The van der Waals surface area contributed by atoms with Gasteiger partial charge in [-0.15, -0.1) is 0 Å². The maximum absolute atomic E-state index is 12.5. The second-order valence-corrected chi connectivity index (χ2v) is 6.52. The number of hydrogen-bond acceptors (Lipinski definition) is 3. The molecule has 0 radical (unpaired) electrons. The van der Waals surface area contributed by atoms with E-state index in [4.69, 9.17) is 0 Å². The second-order valence-electron chi connectivity index (χ2n) is 6.52. The Morgan fingerprint density at radius 2 is 1.48 bits per heavy atom. The van der Waals surface area contributed by atoms with Gasteiger partial charge in [-0.25, -0.2) is 0 Å². The molecule has 2 aromatic carbocycles. The van der Waals surface area contributed by atoms with Crippen molar-refractivity contribution in [3.63, 3.8) is 0 Å². The number of carbonyl (C=O) groups is 2. The van der Waals surface area contributed by atoms with Crippen LogP contribution in [0.4, 0.5) is 11.4 Å². The Kier molecular flexibility index (Phi) is 5.31. The van der Waals surface area contributed by atoms with Crippen molar-refractivity contribution in [3.8, 4) is 0 Å². The first-order chi connectivity index (χ1) is 12.9. The van der Waals surface area contributed by atoms with Crippen LogP contribution in [-0.2, 0) is 0 Å². The van der Waals surface area contributed by atoms with Gasteiger partial charge in [0.15, 0.2) is 0 Å². The zero-order chi connectivity index (χ0) is 19.4. The summed E-state index contributed by atoms with van der Waals surface area (Å²) in [6, 6.07) is 16.4. The molecule has 0 fully saturated rings. The van der Waals surface area contributed by atoms with Crippen molar-refractivity contribution in [3.05, 3.63) is 88.7 Å². The molecule has 0 aliphatic carbocycles. The van der Waals surface area contributed by atoms with E-state index >= 15 is 0 Å². The molecule has 5 heteroatoms. The zero-order valence-electron chi connectivity index (χ0n) is 15.5. The van der Waals surface area contributed by atoms with Crippen LogP contribution in [0.2, 0.25) is 0 Å². The highest BCUT2D eigenvalue weighted by atomic mass is 16.2. The van der Waals surface area contributed by atoms with Crippen molar-refractivity contribution in [2.24, 2.45) is 0 Å². The molecule has 3 rings (SSSR count). The monoisotopic (exact) mass is 359 g/mol. The lowest BCUT2D eigenvalue weighted by atomic mass is 10.1. The quantitative estimate of drug-likeness (QED) is 0.720. The molecule has 0 aliphatic rings. The molecule has 0 unspecified atom stereocenters. The normalized spacial score (nSPS) is 10.3. The number of nitrogens with one attached hydrogen (secondary N) is 2. The topological polar surface area (TPSA) is 71.1 Å². The molecule has 2 amide bonds. The molecule has 5 nitrogen and oxygen atoms in total. The number of hydrogen-bond donors (Lipinski definition) is 2. The minimum atomic E-state index is -0.353. The third-order valence-electron chi connectivity index (χ3n) is 4.21. The van der Waals surface area contributed by atoms with Gasteiger partial charge in [0.25, 0.3) is 11.8 Å². The summed E-state index contributed by atoms with van der Waals surface area (Å²) in [7, 11) is 0. The highest BCUT2D eigenvalue weighted by Crippen LogP contribution is 2.17. The number of anilines is 2. The van der Waals surface area contributed by atoms with Crippen molar-refractivity contribution in [1.82, 2.24) is 4.98 Å². The molecular formula is C22H21N3O2. The highest BCUT2D eigenvalue weighted by molar-refractivity contribution is 6.08. The lowest BCUT2D eigenvalue weighted by Crippen LogP contribution is -2.17. The molecule has 0 saturated carbocycles. The van der Waals surface area contributed by atoms with Gasteiger partial charge in [0.2, 0.25) is 0 Å². The van der Waals surface area contributed by atoms with Crippen LogP contribution in [0, 0.1) is 20.8 Å². The average Bonchev–Trinajstić information content (AvgIpc) is 2.66. The molecule has 0 bridgehead atoms. The van der Waals surface area contributed by atoms with Crippen molar-refractivity contribution in [2.45, 2.75) is 20.8 Å². The fourth-order valence-corrected chi connectivity index (χ4v) is 2.59. The fourth-order valence-electron chi connectivity index (χ4n) is 2.59. The Hall–Kier alpha value is -3.47. The molecule has 136 valence electrons. The Morgan fingerprint density at radius 1 is 0.778 bits per heavy atom. The van der Waals surface area contributed by atoms with Crippen LogP contribution in [-0.4, -0.2) is 16.8 Å². The van der Waals surface area contributed by atoms with E-state index in [-0.39, 0.29) is 17.5 Å². The maximum atomic E-state index is 12.5. The van der Waals surface area contributed by atoms with Gasteiger partial charge < -0.3 is 10.6 Å². The zero-order valence-corrected chi connectivity index (χ0v) is 15.5. The summed E-state index contributed by atoms with van der Waals surface area (Å²) < 4.78 is 0. The number of aromatic nitrogens is 1. The fraction of sp³-hybridized carbons (Fsp3) is 0.136. The first-order valence-electron chi connectivity index (χ1n) is 8.65. The largest absolute Gasteiger partial charge is 0.322 e. The van der Waals surface area contributed by atoms with Gasteiger partial charge in [-0.2, -0.15) is 0 Å². The van der Waals surface area contributed by atoms with E-state index in [1.165, 1.54) is 12.3 Å². The van der Waals surface area contributed by atoms with E-state index < -0.39 is 0 Å². The van der Waals surface area contributed by atoms with Crippen LogP contribution >= 0.6 is 0 Å². The molecule has 3 aromatic rings. The minimum Gasteiger partial charge on any atom is -0.322 e. The summed E-state index contributed by atoms with van der Waals surface area (Å²) in [6.45, 7) is 5.87. The van der Waals surface area contributed by atoms with E-state index in [0.29, 0.717) is 11.3 Å². The van der Waals surface area contributed by atoms with E-state index in [1.807, 2.05) is 63.2 Å². The van der Waals surface area contributed by atoms with Crippen LogP contribution in [0.3, 0.4) is 0 Å². The van der Waals surface area contributed by atoms with E-state index in [0.717, 1.165) is 22.4 Å². The van der Waals surface area contributed by atoms with E-state index in [1.54, 1.807) is 6.07 Å². The number of aryl methyl sites for hydroxylation is 3. The number of pyridine rings is 1. The number of carbonyl (C=O) groups excluding carboxylic acids is 2. The number of benzene rings is 2. The summed E-state index contributed by atoms with van der Waals surface area (Å²) in [5.41, 5.74) is 5.11. The first-order valence-corrected chi connectivity index (χ1v) is 8.65. The Morgan fingerprint density at radius 3 is 2.22 bits per heavy atom. The molecule has 1 heterocycles. The van der Waals surface area contributed by atoms with Gasteiger partial charge in [-0.1, -0.05) is 29.8 Å². The number of rotatable bonds is 4. The summed E-state index contributed by atoms with van der Waals surface area (Å²) in [4.78, 5) is 29.1. The lowest BCUT2D eigenvalue weighted by molar-refractivity contribution is 0.102. The van der Waals surface area contributed by atoms with Crippen LogP contribution in [0.5, 0.6) is 0 Å². The first kappa shape index (κ1) is 18.3. The molecule has 0 atom stereocenters. The molecular weight excluding hydrogens is 338 g/mol. The second kappa shape index (κ2) is 7.83. The molecule has 27 heavy (non-hydrogen) atoms. The van der Waals surface area contributed by atoms with Gasteiger partial charge in [0.05, 0.1) is 0 Å². The van der Waals surface area contributed by atoms with Crippen molar-refractivity contribution in [1.29, 1.82) is 0 Å². The Labute approximate surface area is 158 Å². The van der Waals surface area contributed by atoms with Gasteiger partial charge >= 0.3 is 0 Å². The van der Waals surface area contributed by atoms with Crippen LogP contribution in [0.15, 0.2) is 60.8 Å². The predicted octanol–water partition coefficient (Wildman–Crippen LogP) is 4.51. The van der Waals surface area contributed by atoms with E-state index in [2.05, 4.69) is 15.6 Å². The van der Waals surface area contributed by atoms with Crippen LogP contribution in [0.1, 0.15) is 37.5 Å². The molecule has 0 aliphatic heterocycles. The summed E-state index contributed by atoms with van der Waals surface area (Å²) in [5, 5.41) is 5.68. The van der Waals surface area contributed by atoms with Gasteiger partial charge in [0.1, 0.15) is 5.69 Å². The van der Waals surface area contributed by atoms with Crippen molar-refractivity contribution < 1.29 is 9.59 Å². The van der Waals surface area contributed by atoms with Crippen molar-refractivity contribution in [2.75, 3.05) is 10.6 Å². The SMILES string of the molecule is Cc1ccc(NC(=O)c2ccnc(C(=O)Nc3cc(C)ccc3C)c2)cc1. The van der Waals surface area contributed by atoms with Gasteiger partial charge in [0, 0.05) is 23.1 Å². The average molecular weight is 359 g/mol. The Bertz CT molecular complexity index is 995. The smallest absolute Gasteiger partial charge is 0.274 e. The van der Waals surface area contributed by atoms with Crippen LogP contribution < -0.4 is 10.6 Å². The minimum absolute atomic E-state index is 0.187. The standard InChI is InChI=1S/C22H21N3O2/c1-14-5-8-18(9-6-14)24-21(26)17-10-11-23-20(13-17)22(27)25-19-12-15(2)4-7-16(19)3/h4-13H,1-3H3,(H,24,26)(H,25,27). The number of nitrogens with zero attached hydrogens (tertiary/aromatic N) is 1. The molecule has 0 spiro atoms. The third-order valence-corrected chi connectivity index (χ3v) is 4.21. The van der Waals surface area contributed by atoms with E-state index in [9.17, 15) is 9.59 Å². The van der Waals surface area contributed by atoms with Crippen molar-refractivity contribution >= 4 is 23.2 Å². The van der Waals surface area contributed by atoms with Gasteiger partial charge in [-0.05, 0) is 62.2 Å². The van der Waals surface area contributed by atoms with Gasteiger partial charge in [-0.3, -0.25) is 14.6 Å². The third kappa shape index (κ3) is 4.58. The summed E-state index contributed by atoms with van der Waals surface area (Å²) >= 11 is 0. The summed E-state index contributed by atoms with van der Waals surface area (Å²) in [5.74, 6) is -0.643. The Balaban J connectivity index is 1.76. The molecule has 2 N–H and O–H groups in total. The maximum Gasteiger partial charge on any atom is 0.274 e. The number of amides is 2.